The summed E-state index contributed by atoms with van der Waals surface area (Å²) in [5.41, 5.74) is 1.27. The van der Waals surface area contributed by atoms with Crippen LogP contribution in [0.2, 0.25) is 0 Å². The molecule has 2 atom stereocenters. The lowest BCUT2D eigenvalue weighted by molar-refractivity contribution is 0.0389. The molecule has 0 aromatic heterocycles. The van der Waals surface area contributed by atoms with Crippen LogP contribution >= 0.6 is 15.9 Å². The highest BCUT2D eigenvalue weighted by Gasteiger charge is 2.26. The van der Waals surface area contributed by atoms with Gasteiger partial charge in [-0.25, -0.2) is 0 Å². The van der Waals surface area contributed by atoms with Gasteiger partial charge in [-0.2, -0.15) is 0 Å². The summed E-state index contributed by atoms with van der Waals surface area (Å²) in [5, 5.41) is 3.68. The van der Waals surface area contributed by atoms with Crippen molar-refractivity contribution in [1.82, 2.24) is 5.32 Å². The van der Waals surface area contributed by atoms with Gasteiger partial charge < -0.3 is 14.8 Å². The van der Waals surface area contributed by atoms with Gasteiger partial charge in [0, 0.05) is 23.0 Å². The minimum absolute atomic E-state index is 0.319. The number of halogens is 1. The molecule has 0 aliphatic carbocycles. The molecular weight excluding hydrogens is 318 g/mol. The number of hydrogen-bond donors (Lipinski definition) is 1. The molecule has 1 saturated heterocycles. The molecule has 3 nitrogen and oxygen atoms in total. The van der Waals surface area contributed by atoms with E-state index in [4.69, 9.17) is 9.47 Å². The van der Waals surface area contributed by atoms with Crippen molar-refractivity contribution >= 4 is 15.9 Å². The zero-order valence-electron chi connectivity index (χ0n) is 12.3. The Balaban J connectivity index is 2.24. The van der Waals surface area contributed by atoms with E-state index in [9.17, 15) is 0 Å². The zero-order valence-corrected chi connectivity index (χ0v) is 13.9. The fraction of sp³-hybridized carbons (Fsp3) is 0.625. The number of nitrogens with one attached hydrogen (secondary N) is 1. The van der Waals surface area contributed by atoms with Crippen molar-refractivity contribution in [1.29, 1.82) is 0 Å². The Hall–Kier alpha value is -0.580. The van der Waals surface area contributed by atoms with Crippen LogP contribution in [0.1, 0.15) is 37.8 Å². The Morgan fingerprint density at radius 2 is 2.35 bits per heavy atom. The van der Waals surface area contributed by atoms with E-state index < -0.39 is 0 Å². The second kappa shape index (κ2) is 8.01. The van der Waals surface area contributed by atoms with Crippen LogP contribution in [0, 0.1) is 5.92 Å². The standard InChI is InChI=1S/C16H24BrNO2/c1-3-8-18-16(12-5-4-9-20-11-12)14-10-13(19-2)6-7-15(14)17/h6-7,10,12,16,18H,3-5,8-9,11H2,1-2H3. The fourth-order valence-electron chi connectivity index (χ4n) is 2.75. The lowest BCUT2D eigenvalue weighted by Gasteiger charge is -2.32. The maximum absolute atomic E-state index is 5.67. The van der Waals surface area contributed by atoms with Crippen molar-refractivity contribution in [2.75, 3.05) is 26.9 Å². The van der Waals surface area contributed by atoms with Gasteiger partial charge in [-0.3, -0.25) is 0 Å². The van der Waals surface area contributed by atoms with Gasteiger partial charge in [0.15, 0.2) is 0 Å². The Bertz CT molecular complexity index is 419. The average Bonchev–Trinajstić information content (AvgIpc) is 2.50. The molecule has 1 aromatic carbocycles. The Labute approximate surface area is 130 Å². The van der Waals surface area contributed by atoms with E-state index in [1.807, 2.05) is 6.07 Å². The average molecular weight is 342 g/mol. The lowest BCUT2D eigenvalue weighted by Crippen LogP contribution is -2.34. The molecule has 2 unspecified atom stereocenters. The lowest BCUT2D eigenvalue weighted by atomic mass is 9.88. The van der Waals surface area contributed by atoms with Gasteiger partial charge in [0.05, 0.1) is 13.7 Å². The van der Waals surface area contributed by atoms with E-state index in [1.165, 1.54) is 12.0 Å². The van der Waals surface area contributed by atoms with Gasteiger partial charge in [-0.1, -0.05) is 22.9 Å². The van der Waals surface area contributed by atoms with Gasteiger partial charge in [-0.15, -0.1) is 0 Å². The summed E-state index contributed by atoms with van der Waals surface area (Å²) in [6.07, 6.45) is 3.49. The molecule has 0 saturated carbocycles. The normalized spacial score (nSPS) is 20.6. The van der Waals surface area contributed by atoms with Crippen LogP contribution in [-0.4, -0.2) is 26.9 Å². The first-order chi connectivity index (χ1) is 9.76. The monoisotopic (exact) mass is 341 g/mol. The molecule has 1 fully saturated rings. The van der Waals surface area contributed by atoms with E-state index in [-0.39, 0.29) is 0 Å². The van der Waals surface area contributed by atoms with Gasteiger partial charge in [0.2, 0.25) is 0 Å². The Kier molecular flexibility index (Phi) is 6.33. The summed E-state index contributed by atoms with van der Waals surface area (Å²) in [6.45, 7) is 4.95. The number of benzene rings is 1. The highest BCUT2D eigenvalue weighted by Crippen LogP contribution is 2.35. The molecule has 1 aromatic rings. The van der Waals surface area contributed by atoms with E-state index in [2.05, 4.69) is 40.3 Å². The quantitative estimate of drug-likeness (QED) is 0.850. The minimum atomic E-state index is 0.319. The van der Waals surface area contributed by atoms with E-state index >= 15 is 0 Å². The molecule has 0 bridgehead atoms. The minimum Gasteiger partial charge on any atom is -0.497 e. The van der Waals surface area contributed by atoms with Crippen LogP contribution in [0.25, 0.3) is 0 Å². The highest BCUT2D eigenvalue weighted by atomic mass is 79.9. The predicted molar refractivity (Wildman–Crippen MR) is 85.3 cm³/mol. The smallest absolute Gasteiger partial charge is 0.119 e. The molecule has 1 aliphatic rings. The molecule has 1 aliphatic heterocycles. The van der Waals surface area contributed by atoms with Crippen molar-refractivity contribution in [3.63, 3.8) is 0 Å². The van der Waals surface area contributed by atoms with Crippen LogP contribution in [-0.2, 0) is 4.74 Å². The molecule has 0 amide bonds. The Morgan fingerprint density at radius 1 is 1.50 bits per heavy atom. The SMILES string of the molecule is CCCNC(c1cc(OC)ccc1Br)C1CCCOC1. The molecule has 1 N–H and O–H groups in total. The second-order valence-electron chi connectivity index (χ2n) is 5.30. The predicted octanol–water partition coefficient (Wildman–Crippen LogP) is 3.93. The van der Waals surface area contributed by atoms with Crippen LogP contribution < -0.4 is 10.1 Å². The third-order valence-electron chi connectivity index (χ3n) is 3.82. The van der Waals surface area contributed by atoms with Crippen LogP contribution in [0.5, 0.6) is 5.75 Å². The van der Waals surface area contributed by atoms with Crippen LogP contribution in [0.3, 0.4) is 0 Å². The summed E-state index contributed by atoms with van der Waals surface area (Å²) in [7, 11) is 1.71. The first kappa shape index (κ1) is 15.8. The van der Waals surface area contributed by atoms with Crippen molar-refractivity contribution < 1.29 is 9.47 Å². The van der Waals surface area contributed by atoms with Gasteiger partial charge in [0.1, 0.15) is 5.75 Å². The maximum atomic E-state index is 5.67. The van der Waals surface area contributed by atoms with E-state index in [1.54, 1.807) is 7.11 Å². The molecule has 2 rings (SSSR count). The summed E-state index contributed by atoms with van der Waals surface area (Å²) in [5.74, 6) is 1.43. The third kappa shape index (κ3) is 3.96. The van der Waals surface area contributed by atoms with E-state index in [0.29, 0.717) is 12.0 Å². The third-order valence-corrected chi connectivity index (χ3v) is 4.54. The topological polar surface area (TPSA) is 30.5 Å². The maximum Gasteiger partial charge on any atom is 0.119 e. The molecule has 20 heavy (non-hydrogen) atoms. The van der Waals surface area contributed by atoms with Gasteiger partial charge >= 0.3 is 0 Å². The Morgan fingerprint density at radius 3 is 3.00 bits per heavy atom. The molecule has 0 spiro atoms. The molecule has 112 valence electrons. The molecule has 0 radical (unpaired) electrons. The van der Waals surface area contributed by atoms with Crippen molar-refractivity contribution in [3.8, 4) is 5.75 Å². The molecular formula is C16H24BrNO2. The van der Waals surface area contributed by atoms with Gasteiger partial charge in [0.25, 0.3) is 0 Å². The largest absolute Gasteiger partial charge is 0.497 e. The number of rotatable bonds is 6. The second-order valence-corrected chi connectivity index (χ2v) is 6.15. The fourth-order valence-corrected chi connectivity index (χ4v) is 3.24. The number of ether oxygens (including phenoxy) is 2. The summed E-state index contributed by atoms with van der Waals surface area (Å²) < 4.78 is 12.2. The van der Waals surface area contributed by atoms with Crippen LogP contribution in [0.15, 0.2) is 22.7 Å². The van der Waals surface area contributed by atoms with Gasteiger partial charge in [-0.05, 0) is 49.6 Å². The van der Waals surface area contributed by atoms with Crippen molar-refractivity contribution in [3.05, 3.63) is 28.2 Å². The zero-order chi connectivity index (χ0) is 14.4. The first-order valence-electron chi connectivity index (χ1n) is 7.40. The summed E-state index contributed by atoms with van der Waals surface area (Å²) in [6, 6.07) is 6.51. The highest BCUT2D eigenvalue weighted by molar-refractivity contribution is 9.10. The number of methoxy groups -OCH3 is 1. The number of hydrogen-bond acceptors (Lipinski definition) is 3. The molecule has 4 heteroatoms. The van der Waals surface area contributed by atoms with E-state index in [0.717, 1.165) is 42.8 Å². The van der Waals surface area contributed by atoms with Crippen LogP contribution in [0.4, 0.5) is 0 Å². The van der Waals surface area contributed by atoms with Crippen molar-refractivity contribution in [2.45, 2.75) is 32.2 Å². The summed E-state index contributed by atoms with van der Waals surface area (Å²) >= 11 is 3.68. The first-order valence-corrected chi connectivity index (χ1v) is 8.20. The molecule has 1 heterocycles. The van der Waals surface area contributed by atoms with Crippen molar-refractivity contribution in [2.24, 2.45) is 5.92 Å². The summed E-state index contributed by atoms with van der Waals surface area (Å²) in [4.78, 5) is 0.